The van der Waals surface area contributed by atoms with Crippen molar-refractivity contribution in [3.05, 3.63) is 76.4 Å². The fraction of sp³-hybridized carbons (Fsp3) is 0.111. The van der Waals surface area contributed by atoms with E-state index in [1.54, 1.807) is 12.1 Å². The van der Waals surface area contributed by atoms with Gasteiger partial charge in [-0.2, -0.15) is 0 Å². The summed E-state index contributed by atoms with van der Waals surface area (Å²) in [6.07, 6.45) is 0. The van der Waals surface area contributed by atoms with E-state index >= 15 is 0 Å². The molecule has 0 unspecified atom stereocenters. The second kappa shape index (κ2) is 7.28. The molecule has 0 fully saturated rings. The minimum atomic E-state index is -0.451. The number of nitrogens with zero attached hydrogens (tertiary/aromatic N) is 2. The molecule has 0 spiro atoms. The standard InChI is InChI=1S/C18H13ClF2N2S/c1-11-8-17(24-10-13-9-15(20)6-7-16(13)21)23-18(22-11)12-2-4-14(19)5-3-12/h2-9H,10H2,1H3. The van der Waals surface area contributed by atoms with Crippen LogP contribution in [0.25, 0.3) is 11.4 Å². The second-order valence-electron chi connectivity index (χ2n) is 5.20. The molecule has 0 saturated carbocycles. The molecule has 2 nitrogen and oxygen atoms in total. The Kier molecular flexibility index (Phi) is 5.11. The molecule has 3 rings (SSSR count). The van der Waals surface area contributed by atoms with Crippen molar-refractivity contribution in [2.45, 2.75) is 17.7 Å². The van der Waals surface area contributed by atoms with Gasteiger partial charge in [-0.05, 0) is 55.5 Å². The van der Waals surface area contributed by atoms with Gasteiger partial charge in [-0.25, -0.2) is 18.7 Å². The summed E-state index contributed by atoms with van der Waals surface area (Å²) in [4.78, 5) is 8.91. The summed E-state index contributed by atoms with van der Waals surface area (Å²) in [5, 5.41) is 1.35. The first kappa shape index (κ1) is 16.9. The average Bonchev–Trinajstić information content (AvgIpc) is 2.56. The number of halogens is 3. The second-order valence-corrected chi connectivity index (χ2v) is 6.63. The van der Waals surface area contributed by atoms with E-state index < -0.39 is 11.6 Å². The zero-order chi connectivity index (χ0) is 17.1. The van der Waals surface area contributed by atoms with Gasteiger partial charge in [-0.3, -0.25) is 0 Å². The van der Waals surface area contributed by atoms with E-state index in [9.17, 15) is 8.78 Å². The number of aryl methyl sites for hydroxylation is 1. The summed E-state index contributed by atoms with van der Waals surface area (Å²) in [7, 11) is 0. The van der Waals surface area contributed by atoms with Crippen molar-refractivity contribution in [3.63, 3.8) is 0 Å². The monoisotopic (exact) mass is 362 g/mol. The molecule has 6 heteroatoms. The molecule has 0 aliphatic carbocycles. The van der Waals surface area contributed by atoms with Gasteiger partial charge >= 0.3 is 0 Å². The van der Waals surface area contributed by atoms with E-state index in [-0.39, 0.29) is 0 Å². The van der Waals surface area contributed by atoms with Gasteiger partial charge in [0.15, 0.2) is 5.82 Å². The zero-order valence-electron chi connectivity index (χ0n) is 12.8. The summed E-state index contributed by atoms with van der Waals surface area (Å²) < 4.78 is 27.0. The average molecular weight is 363 g/mol. The number of benzene rings is 2. The van der Waals surface area contributed by atoms with Crippen LogP contribution in [0.1, 0.15) is 11.3 Å². The van der Waals surface area contributed by atoms with E-state index in [0.717, 1.165) is 23.4 Å². The molecule has 0 radical (unpaired) electrons. The Bertz CT molecular complexity index is 869. The Balaban J connectivity index is 1.83. The first-order chi connectivity index (χ1) is 11.5. The maximum absolute atomic E-state index is 13.7. The third-order valence-corrected chi connectivity index (χ3v) is 4.53. The summed E-state index contributed by atoms with van der Waals surface area (Å²) in [6, 6.07) is 12.5. The number of aromatic nitrogens is 2. The highest BCUT2D eigenvalue weighted by atomic mass is 35.5. The molecule has 122 valence electrons. The topological polar surface area (TPSA) is 25.8 Å². The molecule has 1 heterocycles. The van der Waals surface area contributed by atoms with E-state index in [1.807, 2.05) is 25.1 Å². The van der Waals surface area contributed by atoms with Gasteiger partial charge in [-0.1, -0.05) is 11.6 Å². The van der Waals surface area contributed by atoms with Crippen LogP contribution in [0.5, 0.6) is 0 Å². The summed E-state index contributed by atoms with van der Waals surface area (Å²) in [6.45, 7) is 1.87. The van der Waals surface area contributed by atoms with Gasteiger partial charge < -0.3 is 0 Å². The van der Waals surface area contributed by atoms with Crippen molar-refractivity contribution in [2.24, 2.45) is 0 Å². The van der Waals surface area contributed by atoms with Gasteiger partial charge in [0.25, 0.3) is 0 Å². The van der Waals surface area contributed by atoms with Crippen molar-refractivity contribution in [3.8, 4) is 11.4 Å². The molecule has 0 aliphatic heterocycles. The third kappa shape index (κ3) is 4.10. The number of hydrogen-bond donors (Lipinski definition) is 0. The Morgan fingerprint density at radius 1 is 1.00 bits per heavy atom. The fourth-order valence-electron chi connectivity index (χ4n) is 2.15. The third-order valence-electron chi connectivity index (χ3n) is 3.32. The minimum absolute atomic E-state index is 0.292. The van der Waals surface area contributed by atoms with Crippen LogP contribution in [-0.2, 0) is 5.75 Å². The highest BCUT2D eigenvalue weighted by Crippen LogP contribution is 2.26. The van der Waals surface area contributed by atoms with Crippen LogP contribution in [0.4, 0.5) is 8.78 Å². The van der Waals surface area contributed by atoms with E-state index in [1.165, 1.54) is 17.8 Å². The highest BCUT2D eigenvalue weighted by Gasteiger charge is 2.09. The molecule has 0 bridgehead atoms. The minimum Gasteiger partial charge on any atom is -0.233 e. The van der Waals surface area contributed by atoms with E-state index in [4.69, 9.17) is 11.6 Å². The van der Waals surface area contributed by atoms with Crippen LogP contribution in [0, 0.1) is 18.6 Å². The molecule has 2 aromatic carbocycles. The van der Waals surface area contributed by atoms with Crippen molar-refractivity contribution < 1.29 is 8.78 Å². The van der Waals surface area contributed by atoms with Gasteiger partial charge in [-0.15, -0.1) is 11.8 Å². The van der Waals surface area contributed by atoms with Crippen LogP contribution >= 0.6 is 23.4 Å². The van der Waals surface area contributed by atoms with E-state index in [2.05, 4.69) is 9.97 Å². The van der Waals surface area contributed by atoms with Crippen molar-refractivity contribution in [1.82, 2.24) is 9.97 Å². The summed E-state index contributed by atoms with van der Waals surface area (Å²) >= 11 is 7.23. The van der Waals surface area contributed by atoms with Gasteiger partial charge in [0, 0.05) is 27.6 Å². The SMILES string of the molecule is Cc1cc(SCc2cc(F)ccc2F)nc(-c2ccc(Cl)cc2)n1. The smallest absolute Gasteiger partial charge is 0.160 e. The number of hydrogen-bond acceptors (Lipinski definition) is 3. The fourth-order valence-corrected chi connectivity index (χ4v) is 3.20. The van der Waals surface area contributed by atoms with Gasteiger partial charge in [0.05, 0.1) is 0 Å². The Morgan fingerprint density at radius 2 is 1.75 bits per heavy atom. The number of rotatable bonds is 4. The lowest BCUT2D eigenvalue weighted by molar-refractivity contribution is 0.591. The van der Waals surface area contributed by atoms with Crippen molar-refractivity contribution in [2.75, 3.05) is 0 Å². The molecular formula is C18H13ClF2N2S. The Labute approximate surface area is 147 Å². The van der Waals surface area contributed by atoms with Crippen molar-refractivity contribution >= 4 is 23.4 Å². The molecule has 0 amide bonds. The predicted octanol–water partition coefficient (Wildman–Crippen LogP) is 5.68. The molecule has 0 aliphatic rings. The lowest BCUT2D eigenvalue weighted by Crippen LogP contribution is -1.95. The molecule has 3 aromatic rings. The van der Waals surface area contributed by atoms with E-state index in [0.29, 0.717) is 27.2 Å². The molecule has 24 heavy (non-hydrogen) atoms. The predicted molar refractivity (Wildman–Crippen MR) is 93.1 cm³/mol. The zero-order valence-corrected chi connectivity index (χ0v) is 14.3. The largest absolute Gasteiger partial charge is 0.233 e. The first-order valence-corrected chi connectivity index (χ1v) is 8.56. The molecule has 0 N–H and O–H groups in total. The maximum Gasteiger partial charge on any atom is 0.160 e. The number of thioether (sulfide) groups is 1. The highest BCUT2D eigenvalue weighted by molar-refractivity contribution is 7.98. The first-order valence-electron chi connectivity index (χ1n) is 7.19. The lowest BCUT2D eigenvalue weighted by atomic mass is 10.2. The quantitative estimate of drug-likeness (QED) is 0.441. The van der Waals surface area contributed by atoms with Gasteiger partial charge in [0.1, 0.15) is 16.7 Å². The Morgan fingerprint density at radius 3 is 2.50 bits per heavy atom. The maximum atomic E-state index is 13.7. The summed E-state index contributed by atoms with van der Waals surface area (Å²) in [5.74, 6) is -0.00526. The normalized spacial score (nSPS) is 10.8. The molecule has 0 atom stereocenters. The van der Waals surface area contributed by atoms with Crippen LogP contribution in [-0.4, -0.2) is 9.97 Å². The van der Waals surface area contributed by atoms with Crippen molar-refractivity contribution in [1.29, 1.82) is 0 Å². The lowest BCUT2D eigenvalue weighted by Gasteiger charge is -2.07. The van der Waals surface area contributed by atoms with Crippen LogP contribution in [0.3, 0.4) is 0 Å². The Hall–Kier alpha value is -1.98. The molecule has 0 saturated heterocycles. The summed E-state index contributed by atoms with van der Waals surface area (Å²) in [5.41, 5.74) is 1.96. The molecule has 1 aromatic heterocycles. The molecular weight excluding hydrogens is 350 g/mol. The van der Waals surface area contributed by atoms with Crippen LogP contribution < -0.4 is 0 Å². The van der Waals surface area contributed by atoms with Crippen LogP contribution in [0.2, 0.25) is 5.02 Å². The van der Waals surface area contributed by atoms with Gasteiger partial charge in [0.2, 0.25) is 0 Å². The van der Waals surface area contributed by atoms with Crippen LogP contribution in [0.15, 0.2) is 53.6 Å².